The maximum absolute atomic E-state index is 13.2. The molecule has 0 bridgehead atoms. The Labute approximate surface area is 187 Å². The van der Waals surface area contributed by atoms with E-state index in [1.54, 1.807) is 44.2 Å². The molecule has 3 aromatic rings. The van der Waals surface area contributed by atoms with Gasteiger partial charge in [-0.2, -0.15) is 0 Å². The molecule has 0 aliphatic rings. The lowest BCUT2D eigenvalue weighted by atomic mass is 9.85. The fraction of sp³-hybridized carbons (Fsp3) is 0.192. The smallest absolute Gasteiger partial charge is 0.338 e. The van der Waals surface area contributed by atoms with E-state index in [0.717, 1.165) is 5.56 Å². The van der Waals surface area contributed by atoms with E-state index in [1.807, 2.05) is 48.5 Å². The SMILES string of the molecule is CCC(C)(C(=O)Nc1ccccc1)C(=O)Nc1ccc(C(=O)OC)c(-c2ccccc2)c1. The molecule has 0 saturated carbocycles. The Morgan fingerprint density at radius 2 is 1.38 bits per heavy atom. The second-order valence-corrected chi connectivity index (χ2v) is 7.58. The molecule has 0 aromatic heterocycles. The third-order valence-corrected chi connectivity index (χ3v) is 5.51. The van der Waals surface area contributed by atoms with Gasteiger partial charge in [-0.05, 0) is 54.8 Å². The van der Waals surface area contributed by atoms with Crippen LogP contribution in [0.4, 0.5) is 11.4 Å². The summed E-state index contributed by atoms with van der Waals surface area (Å²) in [4.78, 5) is 38.3. The van der Waals surface area contributed by atoms with E-state index in [9.17, 15) is 14.4 Å². The summed E-state index contributed by atoms with van der Waals surface area (Å²) in [5, 5.41) is 5.65. The molecular formula is C26H26N2O4. The van der Waals surface area contributed by atoms with Gasteiger partial charge in [-0.1, -0.05) is 55.5 Å². The molecule has 0 fully saturated rings. The average molecular weight is 431 g/mol. The number of rotatable bonds is 7. The van der Waals surface area contributed by atoms with E-state index in [0.29, 0.717) is 28.9 Å². The molecule has 0 spiro atoms. The van der Waals surface area contributed by atoms with Gasteiger partial charge in [0, 0.05) is 11.4 Å². The Morgan fingerprint density at radius 3 is 1.94 bits per heavy atom. The summed E-state index contributed by atoms with van der Waals surface area (Å²) < 4.78 is 4.90. The van der Waals surface area contributed by atoms with Crippen molar-refractivity contribution >= 4 is 29.2 Å². The van der Waals surface area contributed by atoms with Crippen LogP contribution in [0.5, 0.6) is 0 Å². The number of benzene rings is 3. The summed E-state index contributed by atoms with van der Waals surface area (Å²) in [6, 6.07) is 23.3. The van der Waals surface area contributed by atoms with Gasteiger partial charge < -0.3 is 15.4 Å². The minimum atomic E-state index is -1.29. The van der Waals surface area contributed by atoms with Gasteiger partial charge in [0.2, 0.25) is 11.8 Å². The lowest BCUT2D eigenvalue weighted by Crippen LogP contribution is -2.43. The predicted octanol–water partition coefficient (Wildman–Crippen LogP) is 5.13. The van der Waals surface area contributed by atoms with Gasteiger partial charge in [0.1, 0.15) is 5.41 Å². The maximum atomic E-state index is 13.2. The van der Waals surface area contributed by atoms with Crippen molar-refractivity contribution in [3.05, 3.63) is 84.4 Å². The first-order chi connectivity index (χ1) is 15.4. The van der Waals surface area contributed by atoms with Crippen LogP contribution in [0.15, 0.2) is 78.9 Å². The number of anilines is 2. The van der Waals surface area contributed by atoms with Crippen LogP contribution in [0.25, 0.3) is 11.1 Å². The zero-order chi connectivity index (χ0) is 23.1. The second-order valence-electron chi connectivity index (χ2n) is 7.58. The lowest BCUT2D eigenvalue weighted by Gasteiger charge is -2.26. The summed E-state index contributed by atoms with van der Waals surface area (Å²) in [5.74, 6) is -1.29. The zero-order valence-corrected chi connectivity index (χ0v) is 18.3. The third kappa shape index (κ3) is 4.86. The normalized spacial score (nSPS) is 12.3. The molecular weight excluding hydrogens is 404 g/mol. The first-order valence-corrected chi connectivity index (χ1v) is 10.3. The van der Waals surface area contributed by atoms with Crippen LogP contribution in [0.1, 0.15) is 30.6 Å². The number of carbonyl (C=O) groups is 3. The number of carbonyl (C=O) groups excluding carboxylic acids is 3. The summed E-state index contributed by atoms with van der Waals surface area (Å²) >= 11 is 0. The Balaban J connectivity index is 1.88. The monoisotopic (exact) mass is 430 g/mol. The van der Waals surface area contributed by atoms with Crippen LogP contribution in [-0.4, -0.2) is 24.9 Å². The van der Waals surface area contributed by atoms with E-state index < -0.39 is 23.2 Å². The molecule has 164 valence electrons. The Morgan fingerprint density at radius 1 is 0.812 bits per heavy atom. The maximum Gasteiger partial charge on any atom is 0.338 e. The van der Waals surface area contributed by atoms with Crippen LogP contribution < -0.4 is 10.6 Å². The van der Waals surface area contributed by atoms with Crippen LogP contribution >= 0.6 is 0 Å². The number of hydrogen-bond donors (Lipinski definition) is 2. The largest absolute Gasteiger partial charge is 0.465 e. The molecule has 3 rings (SSSR count). The number of esters is 1. The molecule has 0 aliphatic carbocycles. The molecule has 2 amide bonds. The van der Waals surface area contributed by atoms with Gasteiger partial charge in [0.25, 0.3) is 0 Å². The lowest BCUT2D eigenvalue weighted by molar-refractivity contribution is -0.136. The number of ether oxygens (including phenoxy) is 1. The zero-order valence-electron chi connectivity index (χ0n) is 18.3. The molecule has 1 atom stereocenters. The van der Waals surface area contributed by atoms with Crippen LogP contribution in [0.3, 0.4) is 0 Å². The first-order valence-electron chi connectivity index (χ1n) is 10.3. The van der Waals surface area contributed by atoms with Crippen molar-refractivity contribution in [2.75, 3.05) is 17.7 Å². The van der Waals surface area contributed by atoms with E-state index in [1.165, 1.54) is 7.11 Å². The number of hydrogen-bond acceptors (Lipinski definition) is 4. The van der Waals surface area contributed by atoms with Crippen molar-refractivity contribution in [3.63, 3.8) is 0 Å². The summed E-state index contributed by atoms with van der Waals surface area (Å²) in [6.07, 6.45) is 0.309. The van der Waals surface area contributed by atoms with Gasteiger partial charge in [-0.15, -0.1) is 0 Å². The molecule has 3 aromatic carbocycles. The highest BCUT2D eigenvalue weighted by molar-refractivity contribution is 6.14. The molecule has 2 N–H and O–H groups in total. The molecule has 32 heavy (non-hydrogen) atoms. The number of methoxy groups -OCH3 is 1. The van der Waals surface area contributed by atoms with Crippen LogP contribution in [0, 0.1) is 5.41 Å². The molecule has 0 radical (unpaired) electrons. The Kier molecular flexibility index (Phi) is 7.05. The fourth-order valence-electron chi connectivity index (χ4n) is 3.25. The molecule has 6 nitrogen and oxygen atoms in total. The molecule has 6 heteroatoms. The van der Waals surface area contributed by atoms with Gasteiger partial charge in [0.05, 0.1) is 12.7 Å². The van der Waals surface area contributed by atoms with E-state index in [4.69, 9.17) is 4.74 Å². The highest BCUT2D eigenvalue weighted by Gasteiger charge is 2.39. The number of para-hydroxylation sites is 1. The molecule has 0 heterocycles. The highest BCUT2D eigenvalue weighted by Crippen LogP contribution is 2.30. The predicted molar refractivity (Wildman–Crippen MR) is 125 cm³/mol. The van der Waals surface area contributed by atoms with Crippen molar-refractivity contribution in [2.24, 2.45) is 5.41 Å². The van der Waals surface area contributed by atoms with E-state index in [2.05, 4.69) is 10.6 Å². The topological polar surface area (TPSA) is 84.5 Å². The van der Waals surface area contributed by atoms with Crippen molar-refractivity contribution < 1.29 is 19.1 Å². The minimum absolute atomic E-state index is 0.309. The fourth-order valence-corrected chi connectivity index (χ4v) is 3.25. The summed E-state index contributed by atoms with van der Waals surface area (Å²) in [7, 11) is 1.32. The molecule has 0 aliphatic heterocycles. The summed E-state index contributed by atoms with van der Waals surface area (Å²) in [6.45, 7) is 3.40. The van der Waals surface area contributed by atoms with Crippen molar-refractivity contribution in [1.82, 2.24) is 0 Å². The highest BCUT2D eigenvalue weighted by atomic mass is 16.5. The third-order valence-electron chi connectivity index (χ3n) is 5.51. The average Bonchev–Trinajstić information content (AvgIpc) is 2.84. The molecule has 1 unspecified atom stereocenters. The molecule has 0 saturated heterocycles. The first kappa shape index (κ1) is 22.7. The van der Waals surface area contributed by atoms with Gasteiger partial charge >= 0.3 is 5.97 Å². The van der Waals surface area contributed by atoms with Crippen molar-refractivity contribution in [1.29, 1.82) is 0 Å². The van der Waals surface area contributed by atoms with Crippen LogP contribution in [0.2, 0.25) is 0 Å². The standard InChI is InChI=1S/C26H26N2O4/c1-4-26(2,24(30)27-19-13-9-6-10-14-19)25(31)28-20-15-16-21(23(29)32-3)22(17-20)18-11-7-5-8-12-18/h5-17H,4H2,1-3H3,(H,27,30)(H,28,31). The van der Waals surface area contributed by atoms with Crippen LogP contribution in [-0.2, 0) is 14.3 Å². The quantitative estimate of drug-likeness (QED) is 0.402. The number of nitrogens with one attached hydrogen (secondary N) is 2. The van der Waals surface area contributed by atoms with E-state index in [-0.39, 0.29) is 0 Å². The summed E-state index contributed by atoms with van der Waals surface area (Å²) in [5.41, 5.74) is 1.64. The van der Waals surface area contributed by atoms with Gasteiger partial charge in [0.15, 0.2) is 0 Å². The Hall–Kier alpha value is -3.93. The number of amides is 2. The van der Waals surface area contributed by atoms with Gasteiger partial charge in [-0.3, -0.25) is 9.59 Å². The Bertz CT molecular complexity index is 1110. The van der Waals surface area contributed by atoms with E-state index >= 15 is 0 Å². The second kappa shape index (κ2) is 9.92. The van der Waals surface area contributed by atoms with Gasteiger partial charge in [-0.25, -0.2) is 4.79 Å². The van der Waals surface area contributed by atoms with Crippen molar-refractivity contribution in [3.8, 4) is 11.1 Å². The van der Waals surface area contributed by atoms with Crippen molar-refractivity contribution in [2.45, 2.75) is 20.3 Å². The minimum Gasteiger partial charge on any atom is -0.465 e.